The van der Waals surface area contributed by atoms with Crippen molar-refractivity contribution >= 4 is 36.0 Å². The fourth-order valence-corrected chi connectivity index (χ4v) is 5.60. The second-order valence-electron chi connectivity index (χ2n) is 8.56. The first-order chi connectivity index (χ1) is 18.0. The molecule has 0 saturated heterocycles. The minimum absolute atomic E-state index is 0.381. The van der Waals surface area contributed by atoms with E-state index in [4.69, 9.17) is 10.1 Å². The molecule has 0 aliphatic carbocycles. The Bertz CT molecular complexity index is 1180. The Morgan fingerprint density at radius 2 is 1.89 bits per heavy atom. The minimum atomic E-state index is -0.640. The van der Waals surface area contributed by atoms with Gasteiger partial charge >= 0.3 is 0 Å². The predicted octanol–water partition coefficient (Wildman–Crippen LogP) is 3.76. The molecule has 1 atom stereocenters. The first kappa shape index (κ1) is 28.7. The van der Waals surface area contributed by atoms with Crippen molar-refractivity contribution in [3.05, 3.63) is 90.4 Å². The first-order valence-corrected chi connectivity index (χ1v) is 14.5. The molecule has 2 aromatic carbocycles. The van der Waals surface area contributed by atoms with E-state index in [-0.39, 0.29) is 21.0 Å². The number of benzene rings is 2. The zero-order valence-electron chi connectivity index (χ0n) is 21.6. The predicted molar refractivity (Wildman–Crippen MR) is 158 cm³/mol. The van der Waals surface area contributed by atoms with Crippen molar-refractivity contribution < 1.29 is 13.4 Å². The fraction of sp³-hybridized carbons (Fsp3) is 0.286. The van der Waals surface area contributed by atoms with E-state index in [0.29, 0.717) is 17.8 Å². The molecule has 0 saturated carbocycles. The number of ether oxygens (including phenoxy) is 1. The summed E-state index contributed by atoms with van der Waals surface area (Å²) in [6.07, 6.45) is 8.23. The van der Waals surface area contributed by atoms with Crippen LogP contribution in [0, 0.1) is 5.41 Å². The van der Waals surface area contributed by atoms with Crippen molar-refractivity contribution in [2.75, 3.05) is 27.2 Å². The maximum atomic E-state index is 10.1. The van der Waals surface area contributed by atoms with Crippen molar-refractivity contribution in [3.8, 4) is 11.5 Å². The number of halogens is 1. The molecule has 0 aliphatic heterocycles. The Balaban J connectivity index is 1.60. The highest BCUT2D eigenvalue weighted by Gasteiger charge is 2.15. The number of nitrogens with two attached hydrogens (primary N) is 1. The van der Waals surface area contributed by atoms with Crippen LogP contribution < -0.4 is 13.6 Å². The van der Waals surface area contributed by atoms with Gasteiger partial charge in [-0.1, -0.05) is 31.2 Å². The summed E-state index contributed by atoms with van der Waals surface area (Å²) in [5.41, 5.74) is 1.88. The van der Waals surface area contributed by atoms with Crippen molar-refractivity contribution in [1.29, 1.82) is 5.41 Å². The third-order valence-corrected chi connectivity index (χ3v) is 8.45. The van der Waals surface area contributed by atoms with Crippen LogP contribution in [0.4, 0.5) is 5.82 Å². The Morgan fingerprint density at radius 3 is 2.59 bits per heavy atom. The second-order valence-corrected chi connectivity index (χ2v) is 11.3. The number of aliphatic hydroxyl groups is 1. The quantitative estimate of drug-likeness (QED) is 0.0723. The molecular weight excluding hydrogens is 579 g/mol. The lowest BCUT2D eigenvalue weighted by Gasteiger charge is -2.10. The van der Waals surface area contributed by atoms with Crippen LogP contribution >= 0.6 is 21.0 Å². The Morgan fingerprint density at radius 1 is 1.16 bits per heavy atom. The smallest absolute Gasteiger partial charge is 0.244 e. The topological polar surface area (TPSA) is 111 Å². The molecule has 9 heteroatoms. The summed E-state index contributed by atoms with van der Waals surface area (Å²) >= 11 is -0.381. The molecule has 1 unspecified atom stereocenters. The standard InChI is InChI=1S/C28H35IN6O2/c1-4-22(16-17-32-26(36)11-8-18-35(2)3)29-34-28-25(19-31-20-33-28)27(30)21-12-14-24(15-13-21)37-23-9-6-5-7-10-23/h5-15,19-20,26,30,32,36H,4,16-18H2,1-3H3,(H,31,33,34)/p+1/b11-8+,30-27?. The number of hydrogen-bond donors (Lipinski definition) is 4. The molecule has 37 heavy (non-hydrogen) atoms. The molecule has 0 aliphatic rings. The van der Waals surface area contributed by atoms with Crippen molar-refractivity contribution in [3.63, 3.8) is 0 Å². The van der Waals surface area contributed by atoms with Gasteiger partial charge in [-0.3, -0.25) is 10.7 Å². The molecule has 0 amide bonds. The molecule has 8 nitrogen and oxygen atoms in total. The normalized spacial score (nSPS) is 12.9. The average Bonchev–Trinajstić information content (AvgIpc) is 2.91. The van der Waals surface area contributed by atoms with Crippen LogP contribution in [-0.2, 0) is 0 Å². The van der Waals surface area contributed by atoms with Crippen LogP contribution in [0.2, 0.25) is 0 Å². The van der Waals surface area contributed by atoms with Gasteiger partial charge < -0.3 is 14.7 Å². The van der Waals surface area contributed by atoms with E-state index < -0.39 is 6.23 Å². The maximum Gasteiger partial charge on any atom is 0.244 e. The van der Waals surface area contributed by atoms with Crippen LogP contribution in [-0.4, -0.2) is 62.6 Å². The van der Waals surface area contributed by atoms with Gasteiger partial charge in [-0.2, -0.15) is 4.98 Å². The summed E-state index contributed by atoms with van der Waals surface area (Å²) in [5, 5.41) is 22.0. The lowest BCUT2D eigenvalue weighted by atomic mass is 10.0. The van der Waals surface area contributed by atoms with Gasteiger partial charge in [-0.15, -0.1) is 0 Å². The van der Waals surface area contributed by atoms with Crippen molar-refractivity contribution in [2.24, 2.45) is 0 Å². The summed E-state index contributed by atoms with van der Waals surface area (Å²) < 4.78 is 9.49. The monoisotopic (exact) mass is 615 g/mol. The summed E-state index contributed by atoms with van der Waals surface area (Å²) in [7, 11) is 3.99. The molecule has 0 fully saturated rings. The highest BCUT2D eigenvalue weighted by atomic mass is 127. The van der Waals surface area contributed by atoms with Crippen LogP contribution in [0.1, 0.15) is 30.9 Å². The number of para-hydroxylation sites is 1. The number of hydrogen-bond acceptors (Lipinski definition) is 7. The highest BCUT2D eigenvalue weighted by molar-refractivity contribution is 14.1. The van der Waals surface area contributed by atoms with Gasteiger partial charge in [0.05, 0.1) is 5.71 Å². The third kappa shape index (κ3) is 9.86. The zero-order chi connectivity index (χ0) is 26.5. The minimum Gasteiger partial charge on any atom is -0.457 e. The number of nitrogens with one attached hydrogen (secondary N) is 2. The van der Waals surface area contributed by atoms with Gasteiger partial charge in [0.2, 0.25) is 5.82 Å². The number of rotatable bonds is 14. The molecule has 1 aromatic heterocycles. The number of aromatic nitrogens is 2. The molecule has 5 N–H and O–H groups in total. The lowest BCUT2D eigenvalue weighted by molar-refractivity contribution is -0.326. The fourth-order valence-electron chi connectivity index (χ4n) is 3.35. The Labute approximate surface area is 229 Å². The Kier molecular flexibility index (Phi) is 12.0. The number of quaternary nitrogens is 1. The number of aliphatic hydroxyl groups excluding tert-OH is 1. The van der Waals surface area contributed by atoms with E-state index in [1.54, 1.807) is 12.3 Å². The second kappa shape index (κ2) is 15.4. The van der Waals surface area contributed by atoms with Gasteiger partial charge in [-0.25, -0.2) is 8.51 Å². The summed E-state index contributed by atoms with van der Waals surface area (Å²) in [4.78, 5) is 10.7. The van der Waals surface area contributed by atoms with Gasteiger partial charge in [0, 0.05) is 28.4 Å². The summed E-state index contributed by atoms with van der Waals surface area (Å²) in [6, 6.07) is 17.2. The number of nitrogens with zero attached hydrogens (tertiary/aromatic N) is 3. The average molecular weight is 616 g/mol. The largest absolute Gasteiger partial charge is 0.457 e. The van der Waals surface area contributed by atoms with Crippen LogP contribution in [0.5, 0.6) is 11.5 Å². The van der Waals surface area contributed by atoms with Gasteiger partial charge in [0.15, 0.2) is 0 Å². The summed E-state index contributed by atoms with van der Waals surface area (Å²) in [6.45, 7) is 3.68. The highest BCUT2D eigenvalue weighted by Crippen LogP contribution is 2.22. The molecule has 0 radical (unpaired) electrons. The molecule has 1 heterocycles. The van der Waals surface area contributed by atoms with E-state index >= 15 is 0 Å². The van der Waals surface area contributed by atoms with E-state index in [2.05, 4.69) is 25.7 Å². The molecular formula is C28H36IN6O2+. The molecule has 3 aromatic rings. The summed E-state index contributed by atoms with van der Waals surface area (Å²) in [5.74, 6) is 2.29. The molecule has 3 rings (SSSR count). The third-order valence-electron chi connectivity index (χ3n) is 5.37. The maximum absolute atomic E-state index is 10.1. The SMILES string of the molecule is CCC(CCNC(O)/C=C/CN(C)C)=I[NH2+]c1ncncc1C(=N)c1ccc(Oc2ccccc2)cc1. The van der Waals surface area contributed by atoms with Crippen molar-refractivity contribution in [2.45, 2.75) is 26.0 Å². The molecule has 0 bridgehead atoms. The molecule has 196 valence electrons. The van der Waals surface area contributed by atoms with E-state index in [9.17, 15) is 5.11 Å². The Hall–Kier alpha value is -2.83. The van der Waals surface area contributed by atoms with Crippen LogP contribution in [0.15, 0.2) is 79.3 Å². The first-order valence-electron chi connectivity index (χ1n) is 12.2. The van der Waals surface area contributed by atoms with Crippen LogP contribution in [0.3, 0.4) is 0 Å². The van der Waals surface area contributed by atoms with Gasteiger partial charge in [-0.05, 0) is 69.4 Å². The lowest BCUT2D eigenvalue weighted by Crippen LogP contribution is -2.67. The van der Waals surface area contributed by atoms with Crippen molar-refractivity contribution in [1.82, 2.24) is 20.2 Å². The van der Waals surface area contributed by atoms with E-state index in [1.807, 2.05) is 79.7 Å². The molecule has 0 spiro atoms. The van der Waals surface area contributed by atoms with Gasteiger partial charge in [0.1, 0.15) is 50.6 Å². The van der Waals surface area contributed by atoms with E-state index in [1.165, 1.54) is 9.84 Å². The zero-order valence-corrected chi connectivity index (χ0v) is 23.7. The van der Waals surface area contributed by atoms with Gasteiger partial charge in [0.25, 0.3) is 0 Å². The van der Waals surface area contributed by atoms with E-state index in [0.717, 1.165) is 42.3 Å². The van der Waals surface area contributed by atoms with Crippen LogP contribution in [0.25, 0.3) is 0 Å². The number of likely N-dealkylation sites (N-methyl/N-ethyl adjacent to an activating group) is 1.